The second-order valence-corrected chi connectivity index (χ2v) is 10.2. The van der Waals surface area contributed by atoms with Gasteiger partial charge in [-0.05, 0) is 91.8 Å². The molecule has 3 aromatic rings. The van der Waals surface area contributed by atoms with E-state index in [0.717, 1.165) is 55.1 Å². The lowest BCUT2D eigenvalue weighted by Crippen LogP contribution is -2.49. The van der Waals surface area contributed by atoms with Gasteiger partial charge in [0.15, 0.2) is 0 Å². The van der Waals surface area contributed by atoms with Gasteiger partial charge in [0.1, 0.15) is 11.6 Å². The van der Waals surface area contributed by atoms with E-state index < -0.39 is 5.97 Å². The molecule has 172 valence electrons. The second kappa shape index (κ2) is 7.59. The van der Waals surface area contributed by atoms with Gasteiger partial charge < -0.3 is 19.5 Å². The van der Waals surface area contributed by atoms with Gasteiger partial charge in [-0.15, -0.1) is 0 Å². The molecule has 33 heavy (non-hydrogen) atoms. The maximum absolute atomic E-state index is 13.7. The Bertz CT molecular complexity index is 1210. The van der Waals surface area contributed by atoms with E-state index >= 15 is 0 Å². The summed E-state index contributed by atoms with van der Waals surface area (Å²) in [5, 5.41) is 21.2. The van der Waals surface area contributed by atoms with E-state index in [2.05, 4.69) is 4.57 Å². The standard InChI is InChI=1S/C27H28FNO4/c28-19-4-6-20(7-5-19)29-21-2-1-3-22(30)24(21)23(25(29)16-8-10-33-11-9-16)17-12-27(13-17)14-18(15-27)26(31)32/h1-7,16-18,30H,8-15H2,(H,31,32). The summed E-state index contributed by atoms with van der Waals surface area (Å²) in [6, 6.07) is 12.2. The minimum atomic E-state index is -0.683. The van der Waals surface area contributed by atoms with E-state index in [0.29, 0.717) is 13.2 Å². The van der Waals surface area contributed by atoms with Crippen LogP contribution in [0.2, 0.25) is 0 Å². The molecule has 1 aliphatic heterocycles. The zero-order valence-electron chi connectivity index (χ0n) is 18.5. The van der Waals surface area contributed by atoms with E-state index in [4.69, 9.17) is 4.74 Å². The number of phenolic OH excluding ortho intramolecular Hbond substituents is 1. The molecule has 0 radical (unpaired) electrons. The molecule has 6 rings (SSSR count). The molecule has 0 unspecified atom stereocenters. The largest absolute Gasteiger partial charge is 0.507 e. The highest BCUT2D eigenvalue weighted by molar-refractivity contribution is 5.93. The first-order valence-electron chi connectivity index (χ1n) is 11.9. The fourth-order valence-electron chi connectivity index (χ4n) is 6.71. The molecule has 2 heterocycles. The minimum Gasteiger partial charge on any atom is -0.507 e. The number of nitrogens with zero attached hydrogens (tertiary/aromatic N) is 1. The van der Waals surface area contributed by atoms with Gasteiger partial charge in [0.25, 0.3) is 0 Å². The van der Waals surface area contributed by atoms with Gasteiger partial charge in [-0.2, -0.15) is 0 Å². The monoisotopic (exact) mass is 449 g/mol. The second-order valence-electron chi connectivity index (χ2n) is 10.2. The van der Waals surface area contributed by atoms with Gasteiger partial charge in [0.05, 0.1) is 11.4 Å². The first kappa shape index (κ1) is 20.7. The van der Waals surface area contributed by atoms with Crippen LogP contribution in [0.3, 0.4) is 0 Å². The number of aromatic hydroxyl groups is 1. The number of rotatable bonds is 4. The predicted octanol–water partition coefficient (Wildman–Crippen LogP) is 5.73. The number of carbonyl (C=O) groups is 1. The summed E-state index contributed by atoms with van der Waals surface area (Å²) in [7, 11) is 0. The molecular weight excluding hydrogens is 421 g/mol. The molecular formula is C27H28FNO4. The van der Waals surface area contributed by atoms with E-state index in [1.807, 2.05) is 12.1 Å². The smallest absolute Gasteiger partial charge is 0.306 e. The highest BCUT2D eigenvalue weighted by Gasteiger charge is 2.56. The van der Waals surface area contributed by atoms with E-state index in [1.54, 1.807) is 18.2 Å². The van der Waals surface area contributed by atoms with Gasteiger partial charge in [-0.25, -0.2) is 4.39 Å². The lowest BCUT2D eigenvalue weighted by Gasteiger charge is -2.57. The molecule has 2 aromatic carbocycles. The summed E-state index contributed by atoms with van der Waals surface area (Å²) in [5.74, 6) is -0.322. The third-order valence-corrected chi connectivity index (χ3v) is 8.22. The van der Waals surface area contributed by atoms with Gasteiger partial charge in [-0.3, -0.25) is 4.79 Å². The summed E-state index contributed by atoms with van der Waals surface area (Å²) in [4.78, 5) is 11.4. The van der Waals surface area contributed by atoms with Crippen molar-refractivity contribution in [2.75, 3.05) is 13.2 Å². The number of aromatic nitrogens is 1. The van der Waals surface area contributed by atoms with Gasteiger partial charge in [0.2, 0.25) is 0 Å². The normalized spacial score (nSPS) is 27.4. The molecule has 1 spiro atoms. The Balaban J connectivity index is 1.49. The van der Waals surface area contributed by atoms with Crippen LogP contribution in [0.25, 0.3) is 16.6 Å². The number of hydrogen-bond acceptors (Lipinski definition) is 3. The van der Waals surface area contributed by atoms with E-state index in [-0.39, 0.29) is 34.7 Å². The van der Waals surface area contributed by atoms with Crippen molar-refractivity contribution in [3.63, 3.8) is 0 Å². The maximum Gasteiger partial charge on any atom is 0.306 e. The summed E-state index contributed by atoms with van der Waals surface area (Å²) in [6.45, 7) is 1.41. The molecule has 3 aliphatic rings. The van der Waals surface area contributed by atoms with Gasteiger partial charge >= 0.3 is 5.97 Å². The quantitative estimate of drug-likeness (QED) is 0.534. The Morgan fingerprint density at radius 2 is 1.70 bits per heavy atom. The summed E-state index contributed by atoms with van der Waals surface area (Å²) < 4.78 is 21.6. The van der Waals surface area contributed by atoms with Crippen LogP contribution < -0.4 is 0 Å². The van der Waals surface area contributed by atoms with Crippen LogP contribution in [0.5, 0.6) is 5.75 Å². The number of hydrogen-bond donors (Lipinski definition) is 2. The third kappa shape index (κ3) is 3.26. The number of halogens is 1. The number of phenols is 1. The molecule has 1 aromatic heterocycles. The van der Waals surface area contributed by atoms with Crippen LogP contribution in [0.1, 0.15) is 61.6 Å². The zero-order chi connectivity index (χ0) is 22.7. The van der Waals surface area contributed by atoms with Crippen LogP contribution in [-0.4, -0.2) is 34.0 Å². The fraction of sp³-hybridized carbons (Fsp3) is 0.444. The maximum atomic E-state index is 13.7. The fourth-order valence-corrected chi connectivity index (χ4v) is 6.71. The van der Waals surface area contributed by atoms with Crippen molar-refractivity contribution in [2.45, 2.75) is 50.4 Å². The Labute approximate surface area is 191 Å². The highest BCUT2D eigenvalue weighted by Crippen LogP contribution is 2.66. The topological polar surface area (TPSA) is 71.7 Å². The van der Waals surface area contributed by atoms with Crippen LogP contribution in [0.4, 0.5) is 4.39 Å². The summed E-state index contributed by atoms with van der Waals surface area (Å²) in [6.07, 6.45) is 5.25. The molecule has 1 saturated heterocycles. The Morgan fingerprint density at radius 3 is 2.36 bits per heavy atom. The molecule has 6 heteroatoms. The average molecular weight is 450 g/mol. The predicted molar refractivity (Wildman–Crippen MR) is 122 cm³/mol. The SMILES string of the molecule is O=C(O)C1CC2(C1)CC(c1c(C3CCOCC3)n(-c3ccc(F)cc3)c3cccc(O)c13)C2. The molecule has 3 fully saturated rings. The van der Waals surface area contributed by atoms with Crippen molar-refractivity contribution >= 4 is 16.9 Å². The van der Waals surface area contributed by atoms with Gasteiger partial charge in [-0.1, -0.05) is 6.07 Å². The summed E-state index contributed by atoms with van der Waals surface area (Å²) >= 11 is 0. The molecule has 2 aliphatic carbocycles. The molecule has 2 N–H and O–H groups in total. The summed E-state index contributed by atoms with van der Waals surface area (Å²) in [5.41, 5.74) is 4.37. The molecule has 0 atom stereocenters. The lowest BCUT2D eigenvalue weighted by atomic mass is 9.47. The lowest BCUT2D eigenvalue weighted by molar-refractivity contribution is -0.155. The number of ether oxygens (including phenoxy) is 1. The van der Waals surface area contributed by atoms with E-state index in [9.17, 15) is 19.4 Å². The number of carboxylic acids is 1. The molecule has 0 amide bonds. The molecule has 2 saturated carbocycles. The minimum absolute atomic E-state index is 0.134. The van der Waals surface area contributed by atoms with Crippen molar-refractivity contribution in [1.29, 1.82) is 0 Å². The first-order chi connectivity index (χ1) is 16.0. The van der Waals surface area contributed by atoms with Crippen molar-refractivity contribution in [3.05, 3.63) is 59.5 Å². The Morgan fingerprint density at radius 1 is 1.00 bits per heavy atom. The zero-order valence-corrected chi connectivity index (χ0v) is 18.5. The van der Waals surface area contributed by atoms with Crippen LogP contribution in [0.15, 0.2) is 42.5 Å². The van der Waals surface area contributed by atoms with Crippen LogP contribution in [0, 0.1) is 17.2 Å². The van der Waals surface area contributed by atoms with Crippen LogP contribution >= 0.6 is 0 Å². The molecule has 0 bridgehead atoms. The van der Waals surface area contributed by atoms with Crippen LogP contribution in [-0.2, 0) is 9.53 Å². The average Bonchev–Trinajstić information content (AvgIpc) is 3.09. The first-order valence-corrected chi connectivity index (χ1v) is 11.9. The van der Waals surface area contributed by atoms with Crippen molar-refractivity contribution in [2.24, 2.45) is 11.3 Å². The van der Waals surface area contributed by atoms with Gasteiger partial charge in [0, 0.05) is 35.9 Å². The van der Waals surface area contributed by atoms with E-state index in [1.165, 1.54) is 23.4 Å². The Hall–Kier alpha value is -2.86. The van der Waals surface area contributed by atoms with Crippen molar-refractivity contribution < 1.29 is 24.1 Å². The van der Waals surface area contributed by atoms with Crippen molar-refractivity contribution in [3.8, 4) is 11.4 Å². The number of benzene rings is 2. The molecule has 5 nitrogen and oxygen atoms in total. The highest BCUT2D eigenvalue weighted by atomic mass is 19.1. The number of aliphatic carboxylic acids is 1. The van der Waals surface area contributed by atoms with Crippen molar-refractivity contribution in [1.82, 2.24) is 4.57 Å². The Kier molecular flexibility index (Phi) is 4.77. The number of fused-ring (bicyclic) bond motifs is 1. The number of carboxylic acid groups (broad SMARTS) is 1. The third-order valence-electron chi connectivity index (χ3n) is 8.22.